The number of hydrogen-bond donors (Lipinski definition) is 1. The summed E-state index contributed by atoms with van der Waals surface area (Å²) in [5.74, 6) is -2.96. The van der Waals surface area contributed by atoms with Crippen molar-refractivity contribution in [3.63, 3.8) is 0 Å². The van der Waals surface area contributed by atoms with E-state index >= 15 is 0 Å². The van der Waals surface area contributed by atoms with Gasteiger partial charge in [0.1, 0.15) is 0 Å². The largest absolute Gasteiger partial charge is 0.480 e. The van der Waals surface area contributed by atoms with E-state index in [0.29, 0.717) is 10.6 Å². The summed E-state index contributed by atoms with van der Waals surface area (Å²) in [7, 11) is 0. The van der Waals surface area contributed by atoms with Crippen LogP contribution < -0.4 is 10.6 Å². The Morgan fingerprint density at radius 3 is 2.87 bits per heavy atom. The van der Waals surface area contributed by atoms with Crippen LogP contribution in [0.4, 0.5) is 0 Å². The molecule has 0 saturated heterocycles. The molecule has 0 bridgehead atoms. The molecule has 1 aliphatic rings. The highest BCUT2D eigenvalue weighted by Gasteiger charge is 2.25. The molecular formula is C10H6BrNO3. The molecule has 0 fully saturated rings. The molecule has 1 aromatic rings. The van der Waals surface area contributed by atoms with Gasteiger partial charge in [0.15, 0.2) is 5.92 Å². The summed E-state index contributed by atoms with van der Waals surface area (Å²) >= 11 is 3.27. The summed E-state index contributed by atoms with van der Waals surface area (Å²) < 4.78 is 0.825. The number of nitrogens with zero attached hydrogens (tertiary/aromatic N) is 1. The van der Waals surface area contributed by atoms with Gasteiger partial charge in [-0.25, -0.2) is 4.99 Å². The molecule has 1 heterocycles. The van der Waals surface area contributed by atoms with Crippen LogP contribution in [0.2, 0.25) is 0 Å². The fraction of sp³-hybridized carbons (Fsp3) is 0.100. The molecule has 1 aliphatic heterocycles. The number of hydrogen-bond acceptors (Lipinski definition) is 2. The van der Waals surface area contributed by atoms with E-state index in [2.05, 4.69) is 20.9 Å². The third-order valence-corrected chi connectivity index (χ3v) is 2.59. The Labute approximate surface area is 93.1 Å². The molecule has 0 saturated carbocycles. The van der Waals surface area contributed by atoms with Gasteiger partial charge in [-0.1, -0.05) is 22.0 Å². The number of carboxylic acids is 1. The second kappa shape index (κ2) is 3.58. The molecule has 1 N–H and O–H groups in total. The number of benzene rings is 1. The molecule has 15 heavy (non-hydrogen) atoms. The lowest BCUT2D eigenvalue weighted by Crippen LogP contribution is -2.36. The number of carbonyl (C=O) groups is 2. The van der Waals surface area contributed by atoms with E-state index in [0.717, 1.165) is 4.47 Å². The van der Waals surface area contributed by atoms with Crippen molar-refractivity contribution in [3.8, 4) is 0 Å². The molecule has 1 unspecified atom stereocenters. The number of carboxylic acid groups (broad SMARTS) is 1. The molecule has 0 radical (unpaired) electrons. The lowest BCUT2D eigenvalue weighted by molar-refractivity contribution is -0.143. The van der Waals surface area contributed by atoms with Crippen molar-refractivity contribution in [2.75, 3.05) is 0 Å². The fourth-order valence-electron chi connectivity index (χ4n) is 1.38. The zero-order valence-electron chi connectivity index (χ0n) is 7.48. The normalized spacial score (nSPS) is 18.7. The monoisotopic (exact) mass is 267 g/mol. The molecule has 4 nitrogen and oxygen atoms in total. The highest BCUT2D eigenvalue weighted by atomic mass is 79.9. The maximum Gasteiger partial charge on any atom is 0.320 e. The fourth-order valence-corrected chi connectivity index (χ4v) is 1.76. The third kappa shape index (κ3) is 1.83. The van der Waals surface area contributed by atoms with Crippen molar-refractivity contribution in [1.82, 2.24) is 0 Å². The van der Waals surface area contributed by atoms with Gasteiger partial charge < -0.3 is 5.11 Å². The van der Waals surface area contributed by atoms with Gasteiger partial charge in [-0.3, -0.25) is 9.59 Å². The van der Waals surface area contributed by atoms with Gasteiger partial charge in [-0.2, -0.15) is 0 Å². The zero-order valence-corrected chi connectivity index (χ0v) is 9.06. The first kappa shape index (κ1) is 10.0. The van der Waals surface area contributed by atoms with E-state index in [1.54, 1.807) is 18.2 Å². The summed E-state index contributed by atoms with van der Waals surface area (Å²) in [5.41, 5.74) is 0. The average Bonchev–Trinajstić information content (AvgIpc) is 2.17. The highest BCUT2D eigenvalue weighted by Crippen LogP contribution is 2.07. The van der Waals surface area contributed by atoms with Gasteiger partial charge in [-0.15, -0.1) is 0 Å². The van der Waals surface area contributed by atoms with Gasteiger partial charge >= 0.3 is 5.97 Å². The second-order valence-corrected chi connectivity index (χ2v) is 4.05. The molecule has 1 aromatic carbocycles. The smallest absolute Gasteiger partial charge is 0.320 e. The predicted octanol–water partition coefficient (Wildman–Crippen LogP) is 0.0902. The molecule has 0 spiro atoms. The molecule has 0 aliphatic carbocycles. The first-order chi connectivity index (χ1) is 7.08. The SMILES string of the molecule is O=C(O)C1C=c2cc(Br)ccc2=NC1=O. The summed E-state index contributed by atoms with van der Waals surface area (Å²) in [4.78, 5) is 25.7. The van der Waals surface area contributed by atoms with Crippen LogP contribution in [0.3, 0.4) is 0 Å². The Morgan fingerprint density at radius 2 is 2.20 bits per heavy atom. The van der Waals surface area contributed by atoms with Gasteiger partial charge in [0.25, 0.3) is 5.91 Å². The van der Waals surface area contributed by atoms with Crippen molar-refractivity contribution in [2.24, 2.45) is 10.9 Å². The topological polar surface area (TPSA) is 66.7 Å². The van der Waals surface area contributed by atoms with Crippen molar-refractivity contribution < 1.29 is 14.7 Å². The van der Waals surface area contributed by atoms with Crippen LogP contribution in [0.5, 0.6) is 0 Å². The lowest BCUT2D eigenvalue weighted by Gasteiger charge is -2.06. The average molecular weight is 268 g/mol. The molecule has 2 rings (SSSR count). The van der Waals surface area contributed by atoms with E-state index in [-0.39, 0.29) is 0 Å². The van der Waals surface area contributed by atoms with Crippen LogP contribution in [-0.4, -0.2) is 17.0 Å². The van der Waals surface area contributed by atoms with Crippen LogP contribution in [0, 0.1) is 5.92 Å². The number of rotatable bonds is 1. The maximum atomic E-state index is 11.3. The summed E-state index contributed by atoms with van der Waals surface area (Å²) in [6.45, 7) is 0. The third-order valence-electron chi connectivity index (χ3n) is 2.10. The Morgan fingerprint density at radius 1 is 1.47 bits per heavy atom. The Kier molecular flexibility index (Phi) is 2.40. The Bertz CT molecular complexity index is 565. The van der Waals surface area contributed by atoms with E-state index in [1.807, 2.05) is 0 Å². The van der Waals surface area contributed by atoms with Gasteiger partial charge in [0, 0.05) is 4.47 Å². The zero-order chi connectivity index (χ0) is 11.0. The molecule has 1 amide bonds. The molecule has 1 atom stereocenters. The van der Waals surface area contributed by atoms with Crippen molar-refractivity contribution in [3.05, 3.63) is 33.2 Å². The summed E-state index contributed by atoms with van der Waals surface area (Å²) in [5, 5.41) is 9.96. The Balaban J connectivity index is 2.69. The molecular weight excluding hydrogens is 262 g/mol. The molecule has 0 aromatic heterocycles. The number of fused-ring (bicyclic) bond motifs is 1. The van der Waals surface area contributed by atoms with Crippen LogP contribution in [0.25, 0.3) is 6.08 Å². The van der Waals surface area contributed by atoms with E-state index in [1.165, 1.54) is 6.08 Å². The summed E-state index contributed by atoms with van der Waals surface area (Å²) in [6, 6.07) is 5.16. The minimum Gasteiger partial charge on any atom is -0.480 e. The lowest BCUT2D eigenvalue weighted by atomic mass is 10.0. The maximum absolute atomic E-state index is 11.3. The van der Waals surface area contributed by atoms with Crippen LogP contribution >= 0.6 is 15.9 Å². The second-order valence-electron chi connectivity index (χ2n) is 3.14. The quantitative estimate of drug-likeness (QED) is 0.734. The number of aliphatic carboxylic acids is 1. The number of amides is 1. The summed E-state index contributed by atoms with van der Waals surface area (Å²) in [6.07, 6.45) is 1.41. The highest BCUT2D eigenvalue weighted by molar-refractivity contribution is 9.10. The molecule has 5 heteroatoms. The Hall–Kier alpha value is -1.49. The predicted molar refractivity (Wildman–Crippen MR) is 55.5 cm³/mol. The number of carbonyl (C=O) groups excluding carboxylic acids is 1. The van der Waals surface area contributed by atoms with E-state index in [9.17, 15) is 9.59 Å². The van der Waals surface area contributed by atoms with Gasteiger partial charge in [0.2, 0.25) is 0 Å². The molecule has 76 valence electrons. The van der Waals surface area contributed by atoms with Gasteiger partial charge in [0.05, 0.1) is 5.36 Å². The van der Waals surface area contributed by atoms with Crippen LogP contribution in [-0.2, 0) is 9.59 Å². The standard InChI is InChI=1S/C10H6BrNO3/c11-6-1-2-8-5(3-6)4-7(10(14)15)9(13)12-8/h1-4,7H,(H,14,15). The minimum absolute atomic E-state index is 0.515. The van der Waals surface area contributed by atoms with Gasteiger partial charge in [-0.05, 0) is 23.4 Å². The van der Waals surface area contributed by atoms with E-state index < -0.39 is 17.8 Å². The van der Waals surface area contributed by atoms with E-state index in [4.69, 9.17) is 5.11 Å². The number of halogens is 1. The van der Waals surface area contributed by atoms with Crippen molar-refractivity contribution >= 4 is 33.9 Å². The van der Waals surface area contributed by atoms with Crippen LogP contribution in [0.15, 0.2) is 27.7 Å². The van der Waals surface area contributed by atoms with Crippen molar-refractivity contribution in [1.29, 1.82) is 0 Å². The first-order valence-corrected chi connectivity index (χ1v) is 5.00. The minimum atomic E-state index is -1.17. The first-order valence-electron chi connectivity index (χ1n) is 4.21. The van der Waals surface area contributed by atoms with Crippen LogP contribution in [0.1, 0.15) is 0 Å². The van der Waals surface area contributed by atoms with Crippen molar-refractivity contribution in [2.45, 2.75) is 0 Å².